The zero-order valence-corrected chi connectivity index (χ0v) is 15.5. The molecule has 0 spiro atoms. The van der Waals surface area contributed by atoms with E-state index in [1.54, 1.807) is 4.90 Å². The molecule has 1 atom stereocenters. The lowest BCUT2D eigenvalue weighted by atomic mass is 9.94. The summed E-state index contributed by atoms with van der Waals surface area (Å²) in [5.74, 6) is -0.169. The molecule has 1 heterocycles. The molecule has 0 aromatic heterocycles. The molecule has 1 unspecified atom stereocenters. The Bertz CT molecular complexity index is 824. The first-order valence-corrected chi connectivity index (χ1v) is 9.20. The second-order valence-electron chi connectivity index (χ2n) is 6.41. The highest BCUT2D eigenvalue weighted by Crippen LogP contribution is 2.30. The van der Waals surface area contributed by atoms with Gasteiger partial charge in [0, 0.05) is 35.1 Å². The summed E-state index contributed by atoms with van der Waals surface area (Å²) < 4.78 is 0. The van der Waals surface area contributed by atoms with Crippen molar-refractivity contribution in [2.45, 2.75) is 25.2 Å². The van der Waals surface area contributed by atoms with Gasteiger partial charge in [0.25, 0.3) is 11.6 Å². The van der Waals surface area contributed by atoms with Crippen LogP contribution in [0.1, 0.15) is 41.1 Å². The molecule has 1 amide bonds. The Balaban J connectivity index is 1.88. The lowest BCUT2D eigenvalue weighted by Crippen LogP contribution is -2.34. The number of halogens is 2. The van der Waals surface area contributed by atoms with Crippen LogP contribution in [0.15, 0.2) is 42.5 Å². The van der Waals surface area contributed by atoms with Crippen LogP contribution in [0.2, 0.25) is 10.0 Å². The fourth-order valence-electron chi connectivity index (χ4n) is 3.34. The van der Waals surface area contributed by atoms with Crippen LogP contribution in [0.5, 0.6) is 0 Å². The quantitative estimate of drug-likeness (QED) is 0.524. The molecule has 1 saturated heterocycles. The summed E-state index contributed by atoms with van der Waals surface area (Å²) in [7, 11) is 0. The van der Waals surface area contributed by atoms with Gasteiger partial charge < -0.3 is 4.90 Å². The third kappa shape index (κ3) is 4.17. The summed E-state index contributed by atoms with van der Waals surface area (Å²) in [6.45, 7) is 1.09. The van der Waals surface area contributed by atoms with Crippen molar-refractivity contribution in [3.05, 3.63) is 73.8 Å². The number of likely N-dealkylation sites (tertiary alicyclic amines) is 1. The predicted molar refractivity (Wildman–Crippen MR) is 102 cm³/mol. The second kappa shape index (κ2) is 8.06. The maximum absolute atomic E-state index is 13.0. The molecule has 2 aromatic rings. The van der Waals surface area contributed by atoms with Crippen molar-refractivity contribution in [2.75, 3.05) is 13.1 Å². The van der Waals surface area contributed by atoms with E-state index in [9.17, 15) is 14.9 Å². The Morgan fingerprint density at radius 2 is 1.77 bits per heavy atom. The number of hydrogen-bond acceptors (Lipinski definition) is 3. The lowest BCUT2D eigenvalue weighted by Gasteiger charge is -2.25. The fraction of sp³-hybridized carbons (Fsp3) is 0.316. The Hall–Kier alpha value is -2.11. The Labute approximate surface area is 161 Å². The van der Waals surface area contributed by atoms with Crippen LogP contribution < -0.4 is 0 Å². The van der Waals surface area contributed by atoms with Gasteiger partial charge in [-0.25, -0.2) is 0 Å². The number of carbonyl (C=O) groups is 1. The molecule has 0 N–H and O–H groups in total. The van der Waals surface area contributed by atoms with Crippen molar-refractivity contribution in [2.24, 2.45) is 0 Å². The molecule has 5 nitrogen and oxygen atoms in total. The number of carbonyl (C=O) groups excluding carboxylic acids is 1. The van der Waals surface area contributed by atoms with Gasteiger partial charge in [0.15, 0.2) is 0 Å². The minimum atomic E-state index is -0.544. The first-order valence-electron chi connectivity index (χ1n) is 8.44. The number of nitro groups is 1. The Morgan fingerprint density at radius 1 is 1.08 bits per heavy atom. The van der Waals surface area contributed by atoms with Gasteiger partial charge in [0.2, 0.25) is 0 Å². The largest absolute Gasteiger partial charge is 0.338 e. The minimum absolute atomic E-state index is 0.0410. The summed E-state index contributed by atoms with van der Waals surface area (Å²) in [4.78, 5) is 25.4. The third-order valence-corrected chi connectivity index (χ3v) is 5.17. The van der Waals surface area contributed by atoms with E-state index in [-0.39, 0.29) is 23.1 Å². The number of nitrogens with zero attached hydrogens (tertiary/aromatic N) is 2. The standard InChI is InChI=1S/C19H18Cl2N2O3/c20-15-6-4-13(5-7-15)14-3-1-2-10-22(12-14)19(24)17-11-16(21)8-9-18(17)23(25)26/h4-9,11,14H,1-3,10,12H2. The molecule has 0 aliphatic carbocycles. The SMILES string of the molecule is O=C(c1cc(Cl)ccc1[N+](=O)[O-])N1CCCCC(c2ccc(Cl)cc2)C1. The van der Waals surface area contributed by atoms with Gasteiger partial charge in [-0.05, 0) is 42.7 Å². The minimum Gasteiger partial charge on any atom is -0.338 e. The van der Waals surface area contributed by atoms with E-state index in [1.165, 1.54) is 18.2 Å². The second-order valence-corrected chi connectivity index (χ2v) is 7.29. The molecule has 7 heteroatoms. The maximum Gasteiger partial charge on any atom is 0.282 e. The summed E-state index contributed by atoms with van der Waals surface area (Å²) in [6, 6.07) is 11.7. The van der Waals surface area contributed by atoms with E-state index in [4.69, 9.17) is 23.2 Å². The van der Waals surface area contributed by atoms with Crippen LogP contribution in [-0.2, 0) is 0 Å². The van der Waals surface area contributed by atoms with Gasteiger partial charge in [-0.3, -0.25) is 14.9 Å². The van der Waals surface area contributed by atoms with E-state index >= 15 is 0 Å². The molecule has 0 bridgehead atoms. The highest BCUT2D eigenvalue weighted by atomic mass is 35.5. The van der Waals surface area contributed by atoms with Crippen LogP contribution in [0, 0.1) is 10.1 Å². The van der Waals surface area contributed by atoms with E-state index in [1.807, 2.05) is 24.3 Å². The van der Waals surface area contributed by atoms with E-state index in [2.05, 4.69) is 0 Å². The number of hydrogen-bond donors (Lipinski definition) is 0. The van der Waals surface area contributed by atoms with Gasteiger partial charge in [-0.2, -0.15) is 0 Å². The van der Waals surface area contributed by atoms with Gasteiger partial charge in [0.05, 0.1) is 4.92 Å². The van der Waals surface area contributed by atoms with Crippen LogP contribution in [0.4, 0.5) is 5.69 Å². The molecule has 26 heavy (non-hydrogen) atoms. The van der Waals surface area contributed by atoms with Crippen LogP contribution >= 0.6 is 23.2 Å². The molecular weight excluding hydrogens is 375 g/mol. The topological polar surface area (TPSA) is 63.4 Å². The summed E-state index contributed by atoms with van der Waals surface area (Å²) >= 11 is 11.9. The molecule has 1 fully saturated rings. The fourth-order valence-corrected chi connectivity index (χ4v) is 3.64. The van der Waals surface area contributed by atoms with Crippen molar-refractivity contribution in [1.29, 1.82) is 0 Å². The molecular formula is C19H18Cl2N2O3. The Morgan fingerprint density at radius 3 is 2.46 bits per heavy atom. The summed E-state index contributed by atoms with van der Waals surface area (Å²) in [5, 5.41) is 12.3. The summed E-state index contributed by atoms with van der Waals surface area (Å²) in [5.41, 5.74) is 0.945. The molecule has 0 saturated carbocycles. The molecule has 3 rings (SSSR count). The first kappa shape index (κ1) is 18.7. The molecule has 0 radical (unpaired) electrons. The van der Waals surface area contributed by atoms with Crippen molar-refractivity contribution < 1.29 is 9.72 Å². The van der Waals surface area contributed by atoms with Crippen molar-refractivity contribution in [3.8, 4) is 0 Å². The van der Waals surface area contributed by atoms with Crippen LogP contribution in [0.3, 0.4) is 0 Å². The van der Waals surface area contributed by atoms with Crippen molar-refractivity contribution >= 4 is 34.8 Å². The maximum atomic E-state index is 13.0. The lowest BCUT2D eigenvalue weighted by molar-refractivity contribution is -0.385. The van der Waals surface area contributed by atoms with E-state index in [0.717, 1.165) is 24.8 Å². The molecule has 2 aromatic carbocycles. The zero-order valence-electron chi connectivity index (χ0n) is 14.0. The van der Waals surface area contributed by atoms with Crippen molar-refractivity contribution in [1.82, 2.24) is 4.90 Å². The molecule has 1 aliphatic rings. The van der Waals surface area contributed by atoms with Gasteiger partial charge in [-0.15, -0.1) is 0 Å². The average Bonchev–Trinajstić information content (AvgIpc) is 2.87. The van der Waals surface area contributed by atoms with E-state index < -0.39 is 4.92 Å². The van der Waals surface area contributed by atoms with Gasteiger partial charge in [-0.1, -0.05) is 41.8 Å². The monoisotopic (exact) mass is 392 g/mol. The smallest absolute Gasteiger partial charge is 0.282 e. The number of rotatable bonds is 3. The first-order chi connectivity index (χ1) is 12.5. The van der Waals surface area contributed by atoms with Gasteiger partial charge >= 0.3 is 0 Å². The number of amides is 1. The molecule has 1 aliphatic heterocycles. The summed E-state index contributed by atoms with van der Waals surface area (Å²) in [6.07, 6.45) is 2.82. The van der Waals surface area contributed by atoms with Crippen LogP contribution in [-0.4, -0.2) is 28.8 Å². The average molecular weight is 393 g/mol. The Kier molecular flexibility index (Phi) is 5.79. The van der Waals surface area contributed by atoms with E-state index in [0.29, 0.717) is 23.1 Å². The molecule has 136 valence electrons. The third-order valence-electron chi connectivity index (χ3n) is 4.69. The highest BCUT2D eigenvalue weighted by Gasteiger charge is 2.28. The van der Waals surface area contributed by atoms with Crippen LogP contribution in [0.25, 0.3) is 0 Å². The highest BCUT2D eigenvalue weighted by molar-refractivity contribution is 6.31. The normalized spacial score (nSPS) is 17.6. The van der Waals surface area contributed by atoms with Crippen molar-refractivity contribution in [3.63, 3.8) is 0 Å². The zero-order chi connectivity index (χ0) is 18.7. The van der Waals surface area contributed by atoms with Gasteiger partial charge in [0.1, 0.15) is 5.56 Å². The number of nitro benzene ring substituents is 1. The predicted octanol–water partition coefficient (Wildman–Crippen LogP) is 5.31. The number of benzene rings is 2.